The number of rotatable bonds is 5. The summed E-state index contributed by atoms with van der Waals surface area (Å²) in [6.45, 7) is 3.44. The molecule has 1 N–H and O–H groups in total. The molecule has 0 radical (unpaired) electrons. The van der Waals surface area contributed by atoms with Crippen molar-refractivity contribution < 1.29 is 0 Å². The molecule has 1 atom stereocenters. The van der Waals surface area contributed by atoms with Gasteiger partial charge < -0.3 is 5.32 Å². The standard InChI is InChI=1S/C11H21N/c1-2-3-4-5-8-11-9-6-7-10-12-11/h6,9,11-12H,2-5,7-8,10H2,1H3. The lowest BCUT2D eigenvalue weighted by molar-refractivity contribution is 0.507. The summed E-state index contributed by atoms with van der Waals surface area (Å²) in [7, 11) is 0. The maximum absolute atomic E-state index is 3.51. The Balaban J connectivity index is 1.98. The first kappa shape index (κ1) is 9.79. The molecular weight excluding hydrogens is 146 g/mol. The molecule has 1 rings (SSSR count). The zero-order valence-electron chi connectivity index (χ0n) is 8.18. The van der Waals surface area contributed by atoms with Gasteiger partial charge in [-0.25, -0.2) is 0 Å². The van der Waals surface area contributed by atoms with Crippen molar-refractivity contribution in [1.29, 1.82) is 0 Å². The lowest BCUT2D eigenvalue weighted by Crippen LogP contribution is -2.30. The Kier molecular flexibility index (Phi) is 5.09. The summed E-state index contributed by atoms with van der Waals surface area (Å²) >= 11 is 0. The minimum atomic E-state index is 0.676. The first-order valence-electron chi connectivity index (χ1n) is 5.33. The van der Waals surface area contributed by atoms with E-state index in [1.54, 1.807) is 0 Å². The Hall–Kier alpha value is -0.300. The van der Waals surface area contributed by atoms with Crippen LogP contribution in [-0.4, -0.2) is 12.6 Å². The van der Waals surface area contributed by atoms with Crippen molar-refractivity contribution in [3.05, 3.63) is 12.2 Å². The van der Waals surface area contributed by atoms with E-state index in [4.69, 9.17) is 0 Å². The number of unbranched alkanes of at least 4 members (excludes halogenated alkanes) is 3. The van der Waals surface area contributed by atoms with Gasteiger partial charge in [0, 0.05) is 6.04 Å². The van der Waals surface area contributed by atoms with Crippen LogP contribution in [0.1, 0.15) is 45.4 Å². The highest BCUT2D eigenvalue weighted by molar-refractivity contribution is 4.97. The molecule has 70 valence electrons. The topological polar surface area (TPSA) is 12.0 Å². The predicted octanol–water partition coefficient (Wildman–Crippen LogP) is 2.87. The van der Waals surface area contributed by atoms with E-state index >= 15 is 0 Å². The van der Waals surface area contributed by atoms with Crippen molar-refractivity contribution in [3.8, 4) is 0 Å². The van der Waals surface area contributed by atoms with Crippen molar-refractivity contribution in [2.45, 2.75) is 51.5 Å². The van der Waals surface area contributed by atoms with E-state index in [0.29, 0.717) is 6.04 Å². The molecule has 1 aliphatic rings. The lowest BCUT2D eigenvalue weighted by atomic mass is 10.0. The molecule has 0 aromatic heterocycles. The molecule has 12 heavy (non-hydrogen) atoms. The number of hydrogen-bond donors (Lipinski definition) is 1. The maximum Gasteiger partial charge on any atom is 0.0250 e. The summed E-state index contributed by atoms with van der Waals surface area (Å²) in [4.78, 5) is 0. The quantitative estimate of drug-likeness (QED) is 0.490. The third-order valence-corrected chi connectivity index (χ3v) is 2.45. The fourth-order valence-corrected chi connectivity index (χ4v) is 1.67. The van der Waals surface area contributed by atoms with Gasteiger partial charge in [-0.1, -0.05) is 44.8 Å². The fraction of sp³-hybridized carbons (Fsp3) is 0.818. The van der Waals surface area contributed by atoms with E-state index < -0.39 is 0 Å². The van der Waals surface area contributed by atoms with Crippen LogP contribution in [0.4, 0.5) is 0 Å². The molecule has 0 fully saturated rings. The van der Waals surface area contributed by atoms with E-state index in [9.17, 15) is 0 Å². The molecule has 1 unspecified atom stereocenters. The maximum atomic E-state index is 3.51. The van der Waals surface area contributed by atoms with Crippen LogP contribution in [0.2, 0.25) is 0 Å². The van der Waals surface area contributed by atoms with Gasteiger partial charge in [-0.2, -0.15) is 0 Å². The number of nitrogens with one attached hydrogen (secondary N) is 1. The SMILES string of the molecule is CCCCCCC1C=CCCN1. The van der Waals surface area contributed by atoms with E-state index in [2.05, 4.69) is 24.4 Å². The van der Waals surface area contributed by atoms with Crippen LogP contribution < -0.4 is 5.32 Å². The second-order valence-corrected chi connectivity index (χ2v) is 3.63. The van der Waals surface area contributed by atoms with Crippen molar-refractivity contribution >= 4 is 0 Å². The van der Waals surface area contributed by atoms with Crippen LogP contribution in [0.25, 0.3) is 0 Å². The van der Waals surface area contributed by atoms with Crippen molar-refractivity contribution in [3.63, 3.8) is 0 Å². The lowest BCUT2D eigenvalue weighted by Gasteiger charge is -2.17. The molecular formula is C11H21N. The molecule has 0 saturated heterocycles. The number of hydrogen-bond acceptors (Lipinski definition) is 1. The summed E-state index contributed by atoms with van der Waals surface area (Å²) < 4.78 is 0. The van der Waals surface area contributed by atoms with Crippen LogP contribution in [0, 0.1) is 0 Å². The largest absolute Gasteiger partial charge is 0.310 e. The fourth-order valence-electron chi connectivity index (χ4n) is 1.67. The van der Waals surface area contributed by atoms with Gasteiger partial charge in [-0.05, 0) is 19.4 Å². The second-order valence-electron chi connectivity index (χ2n) is 3.63. The van der Waals surface area contributed by atoms with E-state index in [0.717, 1.165) is 0 Å². The third-order valence-electron chi connectivity index (χ3n) is 2.45. The van der Waals surface area contributed by atoms with Gasteiger partial charge in [0.05, 0.1) is 0 Å². The summed E-state index contributed by atoms with van der Waals surface area (Å²) in [5.74, 6) is 0. The van der Waals surface area contributed by atoms with Crippen molar-refractivity contribution in [2.24, 2.45) is 0 Å². The van der Waals surface area contributed by atoms with Crippen LogP contribution in [-0.2, 0) is 0 Å². The summed E-state index contributed by atoms with van der Waals surface area (Å²) in [5, 5.41) is 3.51. The summed E-state index contributed by atoms with van der Waals surface area (Å²) in [5.41, 5.74) is 0. The van der Waals surface area contributed by atoms with Gasteiger partial charge >= 0.3 is 0 Å². The van der Waals surface area contributed by atoms with Gasteiger partial charge in [0.1, 0.15) is 0 Å². The van der Waals surface area contributed by atoms with Gasteiger partial charge in [0.25, 0.3) is 0 Å². The highest BCUT2D eigenvalue weighted by Crippen LogP contribution is 2.08. The van der Waals surface area contributed by atoms with E-state index in [1.807, 2.05) is 0 Å². The molecule has 0 aromatic rings. The Morgan fingerprint density at radius 3 is 2.92 bits per heavy atom. The molecule has 1 heterocycles. The molecule has 1 heteroatoms. The van der Waals surface area contributed by atoms with Gasteiger partial charge in [-0.15, -0.1) is 0 Å². The highest BCUT2D eigenvalue weighted by atomic mass is 14.9. The molecule has 0 spiro atoms. The van der Waals surface area contributed by atoms with Crippen molar-refractivity contribution in [1.82, 2.24) is 5.32 Å². The average Bonchev–Trinajstić information content (AvgIpc) is 2.14. The first-order valence-corrected chi connectivity index (χ1v) is 5.33. The van der Waals surface area contributed by atoms with Gasteiger partial charge in [0.15, 0.2) is 0 Å². The minimum Gasteiger partial charge on any atom is -0.310 e. The van der Waals surface area contributed by atoms with E-state index in [1.165, 1.54) is 45.1 Å². The van der Waals surface area contributed by atoms with Gasteiger partial charge in [-0.3, -0.25) is 0 Å². The normalized spacial score (nSPS) is 22.9. The van der Waals surface area contributed by atoms with Crippen LogP contribution in [0.3, 0.4) is 0 Å². The third kappa shape index (κ3) is 3.91. The molecule has 0 aliphatic carbocycles. The van der Waals surface area contributed by atoms with Crippen LogP contribution in [0.5, 0.6) is 0 Å². The molecule has 0 bridgehead atoms. The Morgan fingerprint density at radius 1 is 1.33 bits per heavy atom. The second kappa shape index (κ2) is 6.24. The highest BCUT2D eigenvalue weighted by Gasteiger charge is 2.05. The molecule has 0 saturated carbocycles. The predicted molar refractivity (Wildman–Crippen MR) is 54.3 cm³/mol. The Labute approximate surface area is 76.2 Å². The monoisotopic (exact) mass is 167 g/mol. The minimum absolute atomic E-state index is 0.676. The van der Waals surface area contributed by atoms with Gasteiger partial charge in [0.2, 0.25) is 0 Å². The molecule has 1 aliphatic heterocycles. The smallest absolute Gasteiger partial charge is 0.0250 e. The zero-order chi connectivity index (χ0) is 8.65. The zero-order valence-corrected chi connectivity index (χ0v) is 8.18. The summed E-state index contributed by atoms with van der Waals surface area (Å²) in [6.07, 6.45) is 12.7. The average molecular weight is 167 g/mol. The van der Waals surface area contributed by atoms with Crippen LogP contribution >= 0.6 is 0 Å². The van der Waals surface area contributed by atoms with Crippen molar-refractivity contribution in [2.75, 3.05) is 6.54 Å². The molecule has 0 aromatic carbocycles. The first-order chi connectivity index (χ1) is 5.93. The van der Waals surface area contributed by atoms with E-state index in [-0.39, 0.29) is 0 Å². The van der Waals surface area contributed by atoms with Crippen LogP contribution in [0.15, 0.2) is 12.2 Å². The Morgan fingerprint density at radius 2 is 2.25 bits per heavy atom. The summed E-state index contributed by atoms with van der Waals surface area (Å²) in [6, 6.07) is 0.676. The molecule has 0 amide bonds. The molecule has 1 nitrogen and oxygen atoms in total. The Bertz CT molecular complexity index is 129.